The summed E-state index contributed by atoms with van der Waals surface area (Å²) in [5.41, 5.74) is 5.62. The summed E-state index contributed by atoms with van der Waals surface area (Å²) in [7, 11) is 1.92. The highest BCUT2D eigenvalue weighted by Gasteiger charge is 2.59. The van der Waals surface area contributed by atoms with Crippen LogP contribution in [0.4, 0.5) is 0 Å². The maximum absolute atomic E-state index is 12.3. The number of amides is 1. The molecule has 0 N–H and O–H groups in total. The smallest absolute Gasteiger partial charge is 0.232 e. The highest BCUT2D eigenvalue weighted by Crippen LogP contribution is 2.65. The van der Waals surface area contributed by atoms with E-state index in [1.807, 2.05) is 11.9 Å². The van der Waals surface area contributed by atoms with Crippen molar-refractivity contribution in [2.24, 2.45) is 17.3 Å². The number of aryl methyl sites for hydroxylation is 1. The van der Waals surface area contributed by atoms with E-state index in [1.54, 1.807) is 11.8 Å². The minimum atomic E-state index is -0.122. The number of hydrogen-bond donors (Lipinski definition) is 0. The molecule has 4 fully saturated rings. The number of unbranched alkanes of at least 4 members (excludes halogenated alkanes) is 2. The Bertz CT molecular complexity index is 1560. The fourth-order valence-corrected chi connectivity index (χ4v) is 11.1. The van der Waals surface area contributed by atoms with E-state index in [9.17, 15) is 4.79 Å². The van der Waals surface area contributed by atoms with Crippen LogP contribution in [0.15, 0.2) is 42.5 Å². The van der Waals surface area contributed by atoms with Gasteiger partial charge in [0, 0.05) is 38.6 Å². The second-order valence-corrected chi connectivity index (χ2v) is 17.8. The van der Waals surface area contributed by atoms with Crippen molar-refractivity contribution < 1.29 is 23.7 Å². The number of benzene rings is 2. The van der Waals surface area contributed by atoms with Crippen LogP contribution in [-0.2, 0) is 25.4 Å². The first-order chi connectivity index (χ1) is 25.9. The van der Waals surface area contributed by atoms with Crippen LogP contribution in [0, 0.1) is 29.1 Å². The van der Waals surface area contributed by atoms with Gasteiger partial charge in [-0.3, -0.25) is 4.79 Å². The summed E-state index contributed by atoms with van der Waals surface area (Å²) in [6.07, 6.45) is 16.6. The van der Waals surface area contributed by atoms with Gasteiger partial charge in [-0.25, -0.2) is 0 Å². The normalized spacial score (nSPS) is 30.7. The van der Waals surface area contributed by atoms with Crippen molar-refractivity contribution in [2.45, 2.75) is 141 Å². The van der Waals surface area contributed by atoms with Gasteiger partial charge < -0.3 is 23.8 Å². The SMILES string of the molecule is CCCCN(C)C(=O)CSCCCC#Cc1ccc([C@H]2C[C@@]3(C)C(CC[C@@H]3OC3CCCCO3)C3CCc4cc(OC5CCCCO5)ccc4C32)cc1. The topological polar surface area (TPSA) is 57.2 Å². The Labute approximate surface area is 323 Å². The van der Waals surface area contributed by atoms with Gasteiger partial charge in [0.1, 0.15) is 5.75 Å². The average Bonchev–Trinajstić information content (AvgIpc) is 3.52. The fourth-order valence-electron chi connectivity index (χ4n) is 10.2. The van der Waals surface area contributed by atoms with E-state index in [1.165, 1.54) is 42.4 Å². The largest absolute Gasteiger partial charge is 0.465 e. The number of nitrogens with zero attached hydrogens (tertiary/aromatic N) is 1. The van der Waals surface area contributed by atoms with Gasteiger partial charge in [-0.2, -0.15) is 11.8 Å². The van der Waals surface area contributed by atoms with Crippen LogP contribution in [0.5, 0.6) is 5.75 Å². The van der Waals surface area contributed by atoms with Gasteiger partial charge in [0.2, 0.25) is 5.91 Å². The summed E-state index contributed by atoms with van der Waals surface area (Å²) in [6.45, 7) is 7.19. The molecule has 5 aliphatic rings. The van der Waals surface area contributed by atoms with Gasteiger partial charge in [-0.15, -0.1) is 0 Å². The van der Waals surface area contributed by atoms with Gasteiger partial charge in [0.25, 0.3) is 0 Å². The maximum Gasteiger partial charge on any atom is 0.232 e. The zero-order valence-corrected chi connectivity index (χ0v) is 33.4. The van der Waals surface area contributed by atoms with E-state index in [4.69, 9.17) is 18.9 Å². The number of hydrogen-bond acceptors (Lipinski definition) is 6. The third-order valence-electron chi connectivity index (χ3n) is 13.1. The molecule has 5 unspecified atom stereocenters. The zero-order valence-electron chi connectivity index (χ0n) is 32.6. The number of carbonyl (C=O) groups is 1. The lowest BCUT2D eigenvalue weighted by Crippen LogP contribution is -2.48. The lowest BCUT2D eigenvalue weighted by atomic mass is 9.51. The van der Waals surface area contributed by atoms with Crippen LogP contribution >= 0.6 is 11.8 Å². The maximum atomic E-state index is 12.3. The van der Waals surface area contributed by atoms with Crippen LogP contribution < -0.4 is 4.74 Å². The highest BCUT2D eigenvalue weighted by atomic mass is 32.2. The summed E-state index contributed by atoms with van der Waals surface area (Å²) in [6, 6.07) is 16.2. The molecule has 53 heavy (non-hydrogen) atoms. The zero-order chi connectivity index (χ0) is 36.6. The average molecular weight is 742 g/mol. The number of ether oxygens (including phenoxy) is 4. The van der Waals surface area contributed by atoms with Gasteiger partial charge in [0.05, 0.1) is 18.5 Å². The Kier molecular flexibility index (Phi) is 13.5. The van der Waals surface area contributed by atoms with Gasteiger partial charge in [0.15, 0.2) is 12.6 Å². The minimum Gasteiger partial charge on any atom is -0.465 e. The van der Waals surface area contributed by atoms with Crippen LogP contribution in [0.1, 0.15) is 138 Å². The van der Waals surface area contributed by atoms with Crippen molar-refractivity contribution >= 4 is 17.7 Å². The molecule has 3 aliphatic carbocycles. The van der Waals surface area contributed by atoms with Gasteiger partial charge >= 0.3 is 0 Å². The molecular formula is C46H63NO5S. The molecule has 0 aromatic heterocycles. The summed E-state index contributed by atoms with van der Waals surface area (Å²) >= 11 is 1.73. The van der Waals surface area contributed by atoms with Crippen LogP contribution in [0.2, 0.25) is 0 Å². The Hall–Kier alpha value is -2.50. The molecule has 8 atom stereocenters. The number of carbonyl (C=O) groups excluding carboxylic acids is 1. The first kappa shape index (κ1) is 38.8. The predicted molar refractivity (Wildman–Crippen MR) is 214 cm³/mol. The first-order valence-corrected chi connectivity index (χ1v) is 22.2. The molecule has 2 saturated heterocycles. The molecule has 7 rings (SSSR count). The number of rotatable bonds is 13. The van der Waals surface area contributed by atoms with Crippen molar-refractivity contribution in [1.29, 1.82) is 0 Å². The summed E-state index contributed by atoms with van der Waals surface area (Å²) in [5.74, 6) is 11.7. The summed E-state index contributed by atoms with van der Waals surface area (Å²) in [4.78, 5) is 14.2. The third-order valence-corrected chi connectivity index (χ3v) is 14.2. The highest BCUT2D eigenvalue weighted by molar-refractivity contribution is 7.99. The predicted octanol–water partition coefficient (Wildman–Crippen LogP) is 9.88. The lowest BCUT2D eigenvalue weighted by Gasteiger charge is -2.54. The molecule has 0 spiro atoms. The van der Waals surface area contributed by atoms with Crippen LogP contribution in [0.25, 0.3) is 0 Å². The van der Waals surface area contributed by atoms with Crippen molar-refractivity contribution in [1.82, 2.24) is 4.90 Å². The van der Waals surface area contributed by atoms with E-state index < -0.39 is 0 Å². The number of thioether (sulfide) groups is 1. The first-order valence-electron chi connectivity index (χ1n) is 21.0. The van der Waals surface area contributed by atoms with E-state index >= 15 is 0 Å². The summed E-state index contributed by atoms with van der Waals surface area (Å²) < 4.78 is 25.3. The van der Waals surface area contributed by atoms with Gasteiger partial charge in [-0.1, -0.05) is 50.3 Å². The second kappa shape index (κ2) is 18.4. The molecule has 6 nitrogen and oxygen atoms in total. The molecule has 0 radical (unpaired) electrons. The Morgan fingerprint density at radius 3 is 2.51 bits per heavy atom. The van der Waals surface area contributed by atoms with E-state index in [0.717, 1.165) is 107 Å². The molecule has 2 heterocycles. The molecule has 288 valence electrons. The second-order valence-electron chi connectivity index (χ2n) is 16.7. The lowest BCUT2D eigenvalue weighted by molar-refractivity contribution is -0.213. The van der Waals surface area contributed by atoms with Crippen LogP contribution in [-0.4, -0.2) is 67.8 Å². The molecule has 2 aromatic rings. The van der Waals surface area contributed by atoms with E-state index in [-0.39, 0.29) is 30.0 Å². The molecule has 2 aliphatic heterocycles. The summed E-state index contributed by atoms with van der Waals surface area (Å²) in [5, 5.41) is 0. The van der Waals surface area contributed by atoms with Crippen molar-refractivity contribution in [3.05, 3.63) is 64.7 Å². The molecule has 2 aromatic carbocycles. The molecular weight excluding hydrogens is 679 g/mol. The third kappa shape index (κ3) is 9.31. The van der Waals surface area contributed by atoms with Crippen molar-refractivity contribution in [3.63, 3.8) is 0 Å². The van der Waals surface area contributed by atoms with E-state index in [2.05, 4.69) is 68.2 Å². The molecule has 1 amide bonds. The minimum absolute atomic E-state index is 0.0460. The molecule has 7 heteroatoms. The van der Waals surface area contributed by atoms with Crippen molar-refractivity contribution in [3.8, 4) is 17.6 Å². The van der Waals surface area contributed by atoms with Crippen LogP contribution in [0.3, 0.4) is 0 Å². The monoisotopic (exact) mass is 741 g/mol. The molecule has 2 saturated carbocycles. The van der Waals surface area contributed by atoms with Crippen molar-refractivity contribution in [2.75, 3.05) is 38.3 Å². The fraction of sp³-hybridized carbons (Fsp3) is 0.674. The molecule has 0 bridgehead atoms. The Balaban J connectivity index is 1.05. The quantitative estimate of drug-likeness (QED) is 0.151. The Morgan fingerprint density at radius 2 is 1.75 bits per heavy atom. The van der Waals surface area contributed by atoms with E-state index in [0.29, 0.717) is 29.4 Å². The van der Waals surface area contributed by atoms with Gasteiger partial charge in [-0.05, 0) is 153 Å². The standard InChI is InChI=1S/C46H63NO5S/c1-4-5-26-47(3)42(48)32-53-29-12-6-7-13-33-16-18-34(19-17-33)39-31-46(2)40(24-25-41(46)52-44-15-9-11-28-50-44)38-22-20-35-30-36(21-23-37(35)45(38)39)51-43-14-8-10-27-49-43/h16-19,21,23,30,38-41,43-45H,4-6,8-12,14-15,20,22,24-29,31-32H2,1-3H3/t38?,39-,40?,41+,43?,44?,45?,46+/m1/s1. The Morgan fingerprint density at radius 1 is 0.962 bits per heavy atom. The number of fused-ring (bicyclic) bond motifs is 5.